The molecule has 0 spiro atoms. The second-order valence-electron chi connectivity index (χ2n) is 5.66. The van der Waals surface area contributed by atoms with E-state index in [9.17, 15) is 0 Å². The van der Waals surface area contributed by atoms with Crippen LogP contribution in [-0.2, 0) is 11.0 Å². The maximum atomic E-state index is 8.97. The molecule has 0 aliphatic rings. The van der Waals surface area contributed by atoms with Gasteiger partial charge in [-0.2, -0.15) is 5.26 Å². The zero-order valence-corrected chi connectivity index (χ0v) is 12.2. The van der Waals surface area contributed by atoms with E-state index in [2.05, 4.69) is 44.9 Å². The summed E-state index contributed by atoms with van der Waals surface area (Å²) in [6.07, 6.45) is 1.70. The highest BCUT2D eigenvalue weighted by Gasteiger charge is 2.37. The van der Waals surface area contributed by atoms with Crippen molar-refractivity contribution in [3.63, 3.8) is 0 Å². The molecule has 0 atom stereocenters. The van der Waals surface area contributed by atoms with Gasteiger partial charge in [-0.1, -0.05) is 20.8 Å². The largest absolute Gasteiger partial charge is 0.411 e. The number of rotatable bonds is 3. The number of hydrogen-bond donors (Lipinski definition) is 0. The first-order valence-electron chi connectivity index (χ1n) is 5.76. The first kappa shape index (κ1) is 13.9. The van der Waals surface area contributed by atoms with Crippen molar-refractivity contribution in [2.24, 2.45) is 0 Å². The van der Waals surface area contributed by atoms with Crippen LogP contribution in [0.2, 0.25) is 18.1 Å². The summed E-state index contributed by atoms with van der Waals surface area (Å²) in [4.78, 5) is 4.21. The van der Waals surface area contributed by atoms with Crippen LogP contribution in [0.4, 0.5) is 0 Å². The standard InChI is InChI=1S/C13H20N2OSi/c1-13(2,3)17(4,5)16-10-12-11(9-14)7-6-8-15-12/h6-8H,10H2,1-5H3. The van der Waals surface area contributed by atoms with Crippen LogP contribution in [0.5, 0.6) is 0 Å². The summed E-state index contributed by atoms with van der Waals surface area (Å²) in [5.41, 5.74) is 1.34. The minimum Gasteiger partial charge on any atom is -0.411 e. The third kappa shape index (κ3) is 3.38. The van der Waals surface area contributed by atoms with Crippen LogP contribution < -0.4 is 0 Å². The van der Waals surface area contributed by atoms with Crippen molar-refractivity contribution in [1.82, 2.24) is 4.98 Å². The molecule has 1 rings (SSSR count). The number of pyridine rings is 1. The molecule has 0 bridgehead atoms. The van der Waals surface area contributed by atoms with Gasteiger partial charge in [0.25, 0.3) is 0 Å². The summed E-state index contributed by atoms with van der Waals surface area (Å²) in [5.74, 6) is 0. The number of nitriles is 1. The van der Waals surface area contributed by atoms with Gasteiger partial charge >= 0.3 is 0 Å². The van der Waals surface area contributed by atoms with Crippen LogP contribution in [0, 0.1) is 11.3 Å². The van der Waals surface area contributed by atoms with Gasteiger partial charge in [-0.05, 0) is 30.3 Å². The lowest BCUT2D eigenvalue weighted by atomic mass is 10.2. The highest BCUT2D eigenvalue weighted by molar-refractivity contribution is 6.74. The maximum absolute atomic E-state index is 8.97. The van der Waals surface area contributed by atoms with Crippen molar-refractivity contribution in [1.29, 1.82) is 5.26 Å². The van der Waals surface area contributed by atoms with Crippen LogP contribution in [0.1, 0.15) is 32.0 Å². The lowest BCUT2D eigenvalue weighted by molar-refractivity contribution is 0.272. The van der Waals surface area contributed by atoms with E-state index >= 15 is 0 Å². The minimum absolute atomic E-state index is 0.175. The Morgan fingerprint density at radius 2 is 2.06 bits per heavy atom. The Morgan fingerprint density at radius 3 is 2.59 bits per heavy atom. The first-order valence-corrected chi connectivity index (χ1v) is 8.67. The topological polar surface area (TPSA) is 45.9 Å². The van der Waals surface area contributed by atoms with Crippen LogP contribution in [0.25, 0.3) is 0 Å². The van der Waals surface area contributed by atoms with Gasteiger partial charge in [0, 0.05) is 6.20 Å². The number of hydrogen-bond acceptors (Lipinski definition) is 3. The van der Waals surface area contributed by atoms with E-state index in [1.807, 2.05) is 0 Å². The lowest BCUT2D eigenvalue weighted by Gasteiger charge is -2.36. The molecule has 0 fully saturated rings. The summed E-state index contributed by atoms with van der Waals surface area (Å²) in [6.45, 7) is 11.4. The van der Waals surface area contributed by atoms with Gasteiger partial charge in [-0.15, -0.1) is 0 Å². The van der Waals surface area contributed by atoms with E-state index in [0.29, 0.717) is 12.2 Å². The molecule has 0 aliphatic carbocycles. The molecule has 0 radical (unpaired) electrons. The second kappa shape index (κ2) is 4.99. The van der Waals surface area contributed by atoms with E-state index in [1.165, 1.54) is 0 Å². The van der Waals surface area contributed by atoms with E-state index in [1.54, 1.807) is 18.3 Å². The van der Waals surface area contributed by atoms with Crippen molar-refractivity contribution in [3.05, 3.63) is 29.6 Å². The number of aromatic nitrogens is 1. The Hall–Kier alpha value is -1.18. The third-order valence-electron chi connectivity index (χ3n) is 3.39. The molecule has 0 saturated carbocycles. The van der Waals surface area contributed by atoms with Gasteiger partial charge in [-0.3, -0.25) is 4.98 Å². The molecular weight excluding hydrogens is 228 g/mol. The van der Waals surface area contributed by atoms with Gasteiger partial charge < -0.3 is 4.43 Å². The average Bonchev–Trinajstić information content (AvgIpc) is 2.25. The highest BCUT2D eigenvalue weighted by atomic mass is 28.4. The van der Waals surface area contributed by atoms with Crippen molar-refractivity contribution < 1.29 is 4.43 Å². The smallest absolute Gasteiger partial charge is 0.192 e. The Kier molecular flexibility index (Phi) is 4.07. The molecule has 4 heteroatoms. The van der Waals surface area contributed by atoms with Gasteiger partial charge in [0.1, 0.15) is 6.07 Å². The van der Waals surface area contributed by atoms with Gasteiger partial charge in [0.2, 0.25) is 0 Å². The minimum atomic E-state index is -1.77. The van der Waals surface area contributed by atoms with E-state index in [0.717, 1.165) is 5.69 Å². The third-order valence-corrected chi connectivity index (χ3v) is 7.86. The summed E-state index contributed by atoms with van der Waals surface area (Å²) in [7, 11) is -1.77. The summed E-state index contributed by atoms with van der Waals surface area (Å²) in [5, 5.41) is 9.15. The Labute approximate surface area is 105 Å². The molecule has 0 aliphatic heterocycles. The highest BCUT2D eigenvalue weighted by Crippen LogP contribution is 2.37. The summed E-state index contributed by atoms with van der Waals surface area (Å²) >= 11 is 0. The molecule has 0 amide bonds. The zero-order valence-electron chi connectivity index (χ0n) is 11.2. The molecule has 0 unspecified atom stereocenters. The zero-order chi connectivity index (χ0) is 13.1. The molecule has 92 valence electrons. The van der Waals surface area contributed by atoms with Crippen LogP contribution in [0.15, 0.2) is 18.3 Å². The maximum Gasteiger partial charge on any atom is 0.192 e. The second-order valence-corrected chi connectivity index (χ2v) is 10.5. The first-order chi connectivity index (χ1) is 7.78. The Morgan fingerprint density at radius 1 is 1.41 bits per heavy atom. The average molecular weight is 248 g/mol. The fourth-order valence-corrected chi connectivity index (χ4v) is 2.05. The number of nitrogens with zero attached hydrogens (tertiary/aromatic N) is 2. The SMILES string of the molecule is CC(C)(C)[Si](C)(C)OCc1ncccc1C#N. The van der Waals surface area contributed by atoms with Crippen LogP contribution in [0.3, 0.4) is 0 Å². The van der Waals surface area contributed by atoms with Gasteiger partial charge in [-0.25, -0.2) is 0 Å². The van der Waals surface area contributed by atoms with Crippen molar-refractivity contribution in [2.75, 3.05) is 0 Å². The lowest BCUT2D eigenvalue weighted by Crippen LogP contribution is -2.40. The van der Waals surface area contributed by atoms with Crippen molar-refractivity contribution in [2.45, 2.75) is 45.5 Å². The van der Waals surface area contributed by atoms with Crippen molar-refractivity contribution >= 4 is 8.32 Å². The molecule has 1 aromatic rings. The summed E-state index contributed by atoms with van der Waals surface area (Å²) in [6, 6.07) is 5.69. The summed E-state index contributed by atoms with van der Waals surface area (Å²) < 4.78 is 6.05. The van der Waals surface area contributed by atoms with Gasteiger partial charge in [0.15, 0.2) is 8.32 Å². The fourth-order valence-electron chi connectivity index (χ4n) is 1.12. The molecule has 1 aromatic heterocycles. The molecule has 0 N–H and O–H groups in total. The fraction of sp³-hybridized carbons (Fsp3) is 0.538. The molecular formula is C13H20N2OSi. The molecule has 0 saturated heterocycles. The Bertz CT molecular complexity index is 430. The van der Waals surface area contributed by atoms with E-state index < -0.39 is 8.32 Å². The predicted molar refractivity (Wildman–Crippen MR) is 70.9 cm³/mol. The van der Waals surface area contributed by atoms with Crippen LogP contribution in [-0.4, -0.2) is 13.3 Å². The van der Waals surface area contributed by atoms with E-state index in [4.69, 9.17) is 9.69 Å². The molecule has 17 heavy (non-hydrogen) atoms. The van der Waals surface area contributed by atoms with Crippen LogP contribution >= 0.6 is 0 Å². The molecule has 1 heterocycles. The van der Waals surface area contributed by atoms with Gasteiger partial charge in [0.05, 0.1) is 17.9 Å². The quantitative estimate of drug-likeness (QED) is 0.769. The Balaban J connectivity index is 2.78. The van der Waals surface area contributed by atoms with E-state index in [-0.39, 0.29) is 5.04 Å². The molecule has 0 aromatic carbocycles. The molecule has 3 nitrogen and oxygen atoms in total. The normalized spacial score (nSPS) is 12.2. The predicted octanol–water partition coefficient (Wildman–Crippen LogP) is 3.48. The monoisotopic (exact) mass is 248 g/mol. The van der Waals surface area contributed by atoms with Crippen molar-refractivity contribution in [3.8, 4) is 6.07 Å².